The quantitative estimate of drug-likeness (QED) is 0.344. The van der Waals surface area contributed by atoms with Gasteiger partial charge in [-0.3, -0.25) is 0 Å². The number of aliphatic hydroxyl groups excluding tert-OH is 2. The molecule has 1 aromatic carbocycles. The van der Waals surface area contributed by atoms with Crippen LogP contribution in [-0.4, -0.2) is 46.0 Å². The van der Waals surface area contributed by atoms with Crippen LogP contribution < -0.4 is 0 Å². The van der Waals surface area contributed by atoms with Gasteiger partial charge in [-0.2, -0.15) is 0 Å². The van der Waals surface area contributed by atoms with Gasteiger partial charge in [0.15, 0.2) is 0 Å². The van der Waals surface area contributed by atoms with Crippen LogP contribution in [-0.2, 0) is 9.53 Å². The van der Waals surface area contributed by atoms with Crippen molar-refractivity contribution in [1.82, 2.24) is 0 Å². The van der Waals surface area contributed by atoms with Crippen molar-refractivity contribution in [3.05, 3.63) is 35.4 Å². The van der Waals surface area contributed by atoms with E-state index in [1.54, 1.807) is 0 Å². The molecule has 0 bridgehead atoms. The number of benzene rings is 1. The number of halogens is 1. The fraction of sp³-hybridized carbons (Fsp3) is 0.625. The molecular formula is C24H31ClO5. The summed E-state index contributed by atoms with van der Waals surface area (Å²) in [5.74, 6) is 5.06. The lowest BCUT2D eigenvalue weighted by Gasteiger charge is -2.27. The molecule has 2 aliphatic rings. The van der Waals surface area contributed by atoms with Crippen LogP contribution in [0.15, 0.2) is 24.3 Å². The third kappa shape index (κ3) is 5.98. The van der Waals surface area contributed by atoms with E-state index in [2.05, 4.69) is 11.8 Å². The Morgan fingerprint density at radius 3 is 2.53 bits per heavy atom. The first-order valence-electron chi connectivity index (χ1n) is 10.8. The van der Waals surface area contributed by atoms with E-state index in [9.17, 15) is 15.0 Å². The summed E-state index contributed by atoms with van der Waals surface area (Å²) in [4.78, 5) is 10.4. The molecule has 3 rings (SSSR count). The molecule has 1 aromatic rings. The number of aliphatic carboxylic acids is 1. The molecule has 5 nitrogen and oxygen atoms in total. The molecular weight excluding hydrogens is 404 g/mol. The van der Waals surface area contributed by atoms with Crippen molar-refractivity contribution in [1.29, 1.82) is 0 Å². The Balaban J connectivity index is 1.63. The molecule has 0 saturated heterocycles. The zero-order valence-electron chi connectivity index (χ0n) is 17.2. The molecule has 0 aliphatic heterocycles. The van der Waals surface area contributed by atoms with Gasteiger partial charge in [-0.15, -0.1) is 17.5 Å². The van der Waals surface area contributed by atoms with Crippen molar-refractivity contribution < 1.29 is 24.9 Å². The maximum atomic E-state index is 10.7. The summed E-state index contributed by atoms with van der Waals surface area (Å²) in [6, 6.07) is 7.96. The number of carbonyl (C=O) groups is 1. The number of rotatable bonds is 7. The maximum Gasteiger partial charge on any atom is 0.329 e. The normalized spacial score (nSPS) is 28.0. The molecule has 2 fully saturated rings. The van der Waals surface area contributed by atoms with Crippen molar-refractivity contribution in [2.24, 2.45) is 11.8 Å². The van der Waals surface area contributed by atoms with Gasteiger partial charge in [0.2, 0.25) is 0 Å². The Kier molecular flexibility index (Phi) is 8.59. The number of aliphatic hydroxyl groups is 2. The minimum Gasteiger partial charge on any atom is -0.480 e. The minimum atomic E-state index is -1.02. The van der Waals surface area contributed by atoms with Crippen LogP contribution in [0.25, 0.3) is 0 Å². The van der Waals surface area contributed by atoms with Crippen LogP contribution in [0.1, 0.15) is 68.1 Å². The topological polar surface area (TPSA) is 87.0 Å². The van der Waals surface area contributed by atoms with Crippen LogP contribution in [0, 0.1) is 23.7 Å². The molecule has 2 saturated carbocycles. The average molecular weight is 435 g/mol. The lowest BCUT2D eigenvalue weighted by Crippen LogP contribution is -2.19. The lowest BCUT2D eigenvalue weighted by atomic mass is 9.81. The molecule has 0 amide bonds. The van der Waals surface area contributed by atoms with Gasteiger partial charge in [-0.05, 0) is 42.2 Å². The van der Waals surface area contributed by atoms with Crippen LogP contribution in [0.4, 0.5) is 0 Å². The molecule has 2 aliphatic carbocycles. The summed E-state index contributed by atoms with van der Waals surface area (Å²) in [5, 5.41) is 29.7. The first kappa shape index (κ1) is 23.1. The van der Waals surface area contributed by atoms with Gasteiger partial charge in [0.05, 0.1) is 12.2 Å². The van der Waals surface area contributed by atoms with Gasteiger partial charge >= 0.3 is 5.97 Å². The summed E-state index contributed by atoms with van der Waals surface area (Å²) in [5.41, 5.74) is 1.95. The highest BCUT2D eigenvalue weighted by Crippen LogP contribution is 2.44. The zero-order chi connectivity index (χ0) is 21.5. The highest BCUT2D eigenvalue weighted by Gasteiger charge is 2.42. The molecule has 0 radical (unpaired) electrons. The Morgan fingerprint density at radius 2 is 1.87 bits per heavy atom. The second-order valence-electron chi connectivity index (χ2n) is 8.46. The van der Waals surface area contributed by atoms with Gasteiger partial charge in [0, 0.05) is 17.7 Å². The summed E-state index contributed by atoms with van der Waals surface area (Å²) in [7, 11) is 0. The molecule has 3 N–H and O–H groups in total. The predicted molar refractivity (Wildman–Crippen MR) is 115 cm³/mol. The molecule has 0 spiro atoms. The van der Waals surface area contributed by atoms with Gasteiger partial charge in [0.1, 0.15) is 13.2 Å². The van der Waals surface area contributed by atoms with Crippen LogP contribution in [0.3, 0.4) is 0 Å². The van der Waals surface area contributed by atoms with Crippen molar-refractivity contribution in [3.8, 4) is 11.8 Å². The molecule has 6 heteroatoms. The summed E-state index contributed by atoms with van der Waals surface area (Å²) < 4.78 is 4.93. The Bertz CT molecular complexity index is 747. The number of carboxylic acid groups (broad SMARTS) is 1. The van der Waals surface area contributed by atoms with Crippen molar-refractivity contribution in [2.75, 3.05) is 13.2 Å². The summed E-state index contributed by atoms with van der Waals surface area (Å²) >= 11 is 6.51. The summed E-state index contributed by atoms with van der Waals surface area (Å²) in [6.07, 6.45) is 5.86. The smallest absolute Gasteiger partial charge is 0.329 e. The van der Waals surface area contributed by atoms with Crippen molar-refractivity contribution >= 4 is 17.6 Å². The maximum absolute atomic E-state index is 10.7. The summed E-state index contributed by atoms with van der Waals surface area (Å²) in [6.45, 7) is -0.302. The van der Waals surface area contributed by atoms with E-state index in [0.29, 0.717) is 18.8 Å². The highest BCUT2D eigenvalue weighted by molar-refractivity contribution is 6.21. The fourth-order valence-electron chi connectivity index (χ4n) is 4.85. The first-order valence-corrected chi connectivity index (χ1v) is 11.3. The Hall–Kier alpha value is -1.58. The zero-order valence-corrected chi connectivity index (χ0v) is 17.9. The SMILES string of the molecule is O=C(O)COCC#CC[C@@H]1[C@@H](c2ccc(C(O)C3CCCCC3)cc2)[C@H](O)C[C@H]1Cl. The fourth-order valence-corrected chi connectivity index (χ4v) is 5.28. The predicted octanol–water partition coefficient (Wildman–Crippen LogP) is 3.87. The molecule has 0 aromatic heterocycles. The Morgan fingerprint density at radius 1 is 1.17 bits per heavy atom. The highest BCUT2D eigenvalue weighted by atomic mass is 35.5. The van der Waals surface area contributed by atoms with Crippen LogP contribution >= 0.6 is 11.6 Å². The van der Waals surface area contributed by atoms with E-state index in [1.807, 2.05) is 24.3 Å². The third-order valence-corrected chi connectivity index (χ3v) is 6.93. The molecule has 30 heavy (non-hydrogen) atoms. The second kappa shape index (κ2) is 11.2. The van der Waals surface area contributed by atoms with E-state index in [4.69, 9.17) is 21.4 Å². The van der Waals surface area contributed by atoms with E-state index in [1.165, 1.54) is 19.3 Å². The van der Waals surface area contributed by atoms with Crippen molar-refractivity contribution in [2.45, 2.75) is 68.4 Å². The van der Waals surface area contributed by atoms with E-state index >= 15 is 0 Å². The molecule has 1 unspecified atom stereocenters. The number of carboxylic acids is 1. The van der Waals surface area contributed by atoms with Gasteiger partial charge in [-0.1, -0.05) is 49.4 Å². The van der Waals surface area contributed by atoms with E-state index < -0.39 is 18.2 Å². The Labute approximate surface area is 183 Å². The molecule has 0 heterocycles. The van der Waals surface area contributed by atoms with Gasteiger partial charge in [0.25, 0.3) is 0 Å². The van der Waals surface area contributed by atoms with E-state index in [-0.39, 0.29) is 30.4 Å². The molecule has 164 valence electrons. The largest absolute Gasteiger partial charge is 0.480 e. The average Bonchev–Trinajstić information content (AvgIpc) is 3.03. The van der Waals surface area contributed by atoms with Crippen LogP contribution in [0.5, 0.6) is 0 Å². The third-order valence-electron chi connectivity index (χ3n) is 6.43. The van der Waals surface area contributed by atoms with Crippen molar-refractivity contribution in [3.63, 3.8) is 0 Å². The number of ether oxygens (including phenoxy) is 1. The van der Waals surface area contributed by atoms with Gasteiger partial charge < -0.3 is 20.1 Å². The molecule has 5 atom stereocenters. The minimum absolute atomic E-state index is 0.00255. The van der Waals surface area contributed by atoms with Gasteiger partial charge in [-0.25, -0.2) is 4.79 Å². The lowest BCUT2D eigenvalue weighted by molar-refractivity contribution is -0.141. The number of hydrogen-bond acceptors (Lipinski definition) is 4. The first-order chi connectivity index (χ1) is 14.5. The second-order valence-corrected chi connectivity index (χ2v) is 9.02. The van der Waals surface area contributed by atoms with E-state index in [0.717, 1.165) is 24.0 Å². The number of alkyl halides is 1. The number of hydrogen-bond donors (Lipinski definition) is 3. The monoisotopic (exact) mass is 434 g/mol. The standard InChI is InChI=1S/C24H31ClO5/c25-20-14-21(26)23(19(20)8-4-5-13-30-15-22(27)28)16-9-11-18(12-10-16)24(29)17-6-2-1-3-7-17/h9-12,17,19-21,23-24,26,29H,1-3,6-8,13-15H2,(H,27,28)/t19-,20+,21+,23+,24?/m0/s1. The van der Waals surface area contributed by atoms with Crippen LogP contribution in [0.2, 0.25) is 0 Å².